The summed E-state index contributed by atoms with van der Waals surface area (Å²) in [5, 5.41) is 0. The standard InChI is InChI=1S/C15H18O4/c1-7(16)14-10-8-5-4-6-9(8)12(14)15(18-2,19-3)13(17)11(10)14/h4-5,8-12H,6H2,1-3H3/t8-,9+,10-,11-,12-,14-/m1/s1. The molecule has 0 spiro atoms. The van der Waals surface area contributed by atoms with E-state index in [0.29, 0.717) is 11.8 Å². The first-order valence-corrected chi connectivity index (χ1v) is 6.89. The Kier molecular flexibility index (Phi) is 1.97. The lowest BCUT2D eigenvalue weighted by Crippen LogP contribution is -2.50. The van der Waals surface area contributed by atoms with E-state index in [1.165, 1.54) is 14.2 Å². The van der Waals surface area contributed by atoms with Gasteiger partial charge in [0.05, 0.1) is 5.41 Å². The lowest BCUT2D eigenvalue weighted by atomic mass is 9.78. The Bertz CT molecular complexity index is 518. The Labute approximate surface area is 112 Å². The molecule has 0 aromatic carbocycles. The van der Waals surface area contributed by atoms with Crippen molar-refractivity contribution >= 4 is 11.6 Å². The summed E-state index contributed by atoms with van der Waals surface area (Å²) in [6.45, 7) is 1.62. The Hall–Kier alpha value is -1.00. The van der Waals surface area contributed by atoms with Crippen LogP contribution in [0.25, 0.3) is 0 Å². The Morgan fingerprint density at radius 2 is 2.05 bits per heavy atom. The largest absolute Gasteiger partial charge is 0.347 e. The minimum Gasteiger partial charge on any atom is -0.347 e. The van der Waals surface area contributed by atoms with E-state index in [1.807, 2.05) is 0 Å². The number of ketones is 2. The second-order valence-corrected chi connectivity index (χ2v) is 6.32. The van der Waals surface area contributed by atoms with Crippen LogP contribution in [0.3, 0.4) is 0 Å². The van der Waals surface area contributed by atoms with Gasteiger partial charge in [0.1, 0.15) is 5.78 Å². The molecule has 0 N–H and O–H groups in total. The van der Waals surface area contributed by atoms with Crippen molar-refractivity contribution < 1.29 is 19.1 Å². The van der Waals surface area contributed by atoms with E-state index in [2.05, 4.69) is 12.2 Å². The number of hydrogen-bond donors (Lipinski definition) is 0. The van der Waals surface area contributed by atoms with Gasteiger partial charge in [-0.1, -0.05) is 12.2 Å². The molecule has 4 rings (SSSR count). The highest BCUT2D eigenvalue weighted by Crippen LogP contribution is 2.83. The van der Waals surface area contributed by atoms with E-state index < -0.39 is 11.2 Å². The molecule has 0 heterocycles. The average Bonchev–Trinajstić information content (AvgIpc) is 2.69. The molecule has 4 aliphatic carbocycles. The Morgan fingerprint density at radius 1 is 1.37 bits per heavy atom. The molecule has 4 nitrogen and oxygen atoms in total. The summed E-state index contributed by atoms with van der Waals surface area (Å²) in [5.41, 5.74) is -0.497. The number of fused-ring (bicyclic) bond motifs is 4. The van der Waals surface area contributed by atoms with E-state index in [4.69, 9.17) is 9.47 Å². The molecule has 0 aromatic heterocycles. The van der Waals surface area contributed by atoms with Crippen LogP contribution >= 0.6 is 0 Å². The molecule has 3 saturated carbocycles. The first kappa shape index (κ1) is 11.8. The molecule has 102 valence electrons. The van der Waals surface area contributed by atoms with Crippen LogP contribution in [-0.2, 0) is 19.1 Å². The summed E-state index contributed by atoms with van der Waals surface area (Å²) >= 11 is 0. The van der Waals surface area contributed by atoms with Gasteiger partial charge in [-0.15, -0.1) is 0 Å². The fourth-order valence-electron chi connectivity index (χ4n) is 5.73. The molecule has 0 unspecified atom stereocenters. The summed E-state index contributed by atoms with van der Waals surface area (Å²) in [4.78, 5) is 25.0. The molecule has 3 fully saturated rings. The number of carbonyl (C=O) groups excluding carboxylic acids is 2. The topological polar surface area (TPSA) is 52.6 Å². The number of rotatable bonds is 3. The maximum atomic E-state index is 12.7. The number of ether oxygens (including phenoxy) is 2. The number of Topliss-reactive ketones (excluding diaryl/α,β-unsaturated/α-hetero) is 2. The predicted octanol–water partition coefficient (Wildman–Crippen LogP) is 1.20. The highest BCUT2D eigenvalue weighted by molar-refractivity contribution is 6.06. The highest BCUT2D eigenvalue weighted by Gasteiger charge is 2.92. The minimum absolute atomic E-state index is 0.00880. The number of methoxy groups -OCH3 is 2. The molecular weight excluding hydrogens is 244 g/mol. The van der Waals surface area contributed by atoms with E-state index in [9.17, 15) is 9.59 Å². The van der Waals surface area contributed by atoms with E-state index in [-0.39, 0.29) is 29.3 Å². The van der Waals surface area contributed by atoms with Gasteiger partial charge in [-0.2, -0.15) is 0 Å². The highest BCUT2D eigenvalue weighted by atomic mass is 16.7. The average molecular weight is 262 g/mol. The maximum absolute atomic E-state index is 12.7. The van der Waals surface area contributed by atoms with Gasteiger partial charge in [0.25, 0.3) is 0 Å². The molecule has 19 heavy (non-hydrogen) atoms. The Balaban J connectivity index is 1.91. The SMILES string of the molecule is COC1(OC)C(=O)[C@H]2[C@H]3[C@@H]4C=CC[C@@H]4[C@@H]1[C@]32C(C)=O. The van der Waals surface area contributed by atoms with Gasteiger partial charge < -0.3 is 9.47 Å². The molecule has 0 radical (unpaired) electrons. The third kappa shape index (κ3) is 0.905. The van der Waals surface area contributed by atoms with Gasteiger partial charge in [0, 0.05) is 26.1 Å². The zero-order valence-electron chi connectivity index (χ0n) is 11.4. The van der Waals surface area contributed by atoms with Gasteiger partial charge in [-0.3, -0.25) is 9.59 Å². The van der Waals surface area contributed by atoms with Crippen LogP contribution in [-0.4, -0.2) is 31.6 Å². The summed E-state index contributed by atoms with van der Waals surface area (Å²) in [7, 11) is 3.04. The number of carbonyl (C=O) groups is 2. The quantitative estimate of drug-likeness (QED) is 0.566. The van der Waals surface area contributed by atoms with Gasteiger partial charge >= 0.3 is 0 Å². The summed E-state index contributed by atoms with van der Waals surface area (Å²) in [5.74, 6) is -0.492. The van der Waals surface area contributed by atoms with E-state index >= 15 is 0 Å². The van der Waals surface area contributed by atoms with Crippen molar-refractivity contribution in [3.8, 4) is 0 Å². The Morgan fingerprint density at radius 3 is 2.63 bits per heavy atom. The van der Waals surface area contributed by atoms with Gasteiger partial charge in [-0.05, 0) is 31.1 Å². The lowest BCUT2D eigenvalue weighted by molar-refractivity contribution is -0.232. The fraction of sp³-hybridized carbons (Fsp3) is 0.733. The summed E-state index contributed by atoms with van der Waals surface area (Å²) < 4.78 is 11.0. The van der Waals surface area contributed by atoms with Crippen LogP contribution < -0.4 is 0 Å². The zero-order valence-corrected chi connectivity index (χ0v) is 11.4. The van der Waals surface area contributed by atoms with Crippen molar-refractivity contribution in [1.29, 1.82) is 0 Å². The number of hydrogen-bond acceptors (Lipinski definition) is 4. The van der Waals surface area contributed by atoms with E-state index in [1.54, 1.807) is 6.92 Å². The smallest absolute Gasteiger partial charge is 0.232 e. The third-order valence-electron chi connectivity index (χ3n) is 6.19. The molecule has 0 aliphatic heterocycles. The van der Waals surface area contributed by atoms with E-state index in [0.717, 1.165) is 6.42 Å². The second kappa shape index (κ2) is 3.18. The molecule has 6 atom stereocenters. The molecule has 4 heteroatoms. The summed E-state index contributed by atoms with van der Waals surface area (Å²) in [6, 6.07) is 0. The van der Waals surface area contributed by atoms with Crippen molar-refractivity contribution in [2.24, 2.45) is 35.0 Å². The van der Waals surface area contributed by atoms with Crippen molar-refractivity contribution in [3.05, 3.63) is 12.2 Å². The van der Waals surface area contributed by atoms with Gasteiger partial charge in [0.2, 0.25) is 5.79 Å². The fourth-order valence-corrected chi connectivity index (χ4v) is 5.73. The zero-order chi connectivity index (χ0) is 13.6. The van der Waals surface area contributed by atoms with Gasteiger partial charge in [-0.25, -0.2) is 0 Å². The van der Waals surface area contributed by atoms with Crippen LogP contribution in [0, 0.1) is 35.0 Å². The van der Waals surface area contributed by atoms with Crippen LogP contribution in [0.2, 0.25) is 0 Å². The molecule has 4 aliphatic rings. The molecule has 0 bridgehead atoms. The molecular formula is C15H18O4. The van der Waals surface area contributed by atoms with Crippen molar-refractivity contribution in [2.45, 2.75) is 19.1 Å². The predicted molar refractivity (Wildman–Crippen MR) is 66.1 cm³/mol. The van der Waals surface area contributed by atoms with Crippen LogP contribution in [0.5, 0.6) is 0 Å². The van der Waals surface area contributed by atoms with Crippen molar-refractivity contribution in [1.82, 2.24) is 0 Å². The summed E-state index contributed by atoms with van der Waals surface area (Å²) in [6.07, 6.45) is 5.30. The monoisotopic (exact) mass is 262 g/mol. The van der Waals surface area contributed by atoms with Crippen LogP contribution in [0.4, 0.5) is 0 Å². The second-order valence-electron chi connectivity index (χ2n) is 6.32. The molecule has 0 aromatic rings. The lowest BCUT2D eigenvalue weighted by Gasteiger charge is -2.36. The third-order valence-corrected chi connectivity index (χ3v) is 6.19. The van der Waals surface area contributed by atoms with Gasteiger partial charge in [0.15, 0.2) is 5.78 Å². The first-order chi connectivity index (χ1) is 9.07. The molecule has 0 saturated heterocycles. The maximum Gasteiger partial charge on any atom is 0.232 e. The first-order valence-electron chi connectivity index (χ1n) is 6.89. The molecule has 0 amide bonds. The van der Waals surface area contributed by atoms with Crippen molar-refractivity contribution in [2.75, 3.05) is 14.2 Å². The van der Waals surface area contributed by atoms with Crippen molar-refractivity contribution in [3.63, 3.8) is 0 Å². The number of allylic oxidation sites excluding steroid dienone is 2. The normalized spacial score (nSPS) is 51.3. The van der Waals surface area contributed by atoms with Crippen LogP contribution in [0.1, 0.15) is 13.3 Å². The minimum atomic E-state index is -1.20. The van der Waals surface area contributed by atoms with Crippen LogP contribution in [0.15, 0.2) is 12.2 Å².